The molecular formula is C6H12O4S. The van der Waals surface area contributed by atoms with Crippen molar-refractivity contribution in [3.63, 3.8) is 0 Å². The van der Waals surface area contributed by atoms with Gasteiger partial charge in [0.25, 0.3) is 0 Å². The number of methoxy groups -OCH3 is 1. The van der Waals surface area contributed by atoms with Crippen LogP contribution in [-0.4, -0.2) is 47.7 Å². The summed E-state index contributed by atoms with van der Waals surface area (Å²) in [6.07, 6.45) is -1.50. The zero-order valence-electron chi connectivity index (χ0n) is 6.17. The Morgan fingerprint density at radius 3 is 2.55 bits per heavy atom. The summed E-state index contributed by atoms with van der Waals surface area (Å²) < 4.78 is 4.61. The molecule has 0 saturated heterocycles. The molecule has 0 amide bonds. The second-order valence-corrected chi connectivity index (χ2v) is 2.74. The van der Waals surface area contributed by atoms with Gasteiger partial charge < -0.3 is 19.7 Å². The summed E-state index contributed by atoms with van der Waals surface area (Å²) in [4.78, 5) is 10.2. The SMILES string of the molecule is COC(C=O)C(O)C(S)CO. The van der Waals surface area contributed by atoms with Crippen LogP contribution in [0.3, 0.4) is 0 Å². The van der Waals surface area contributed by atoms with Crippen LogP contribution < -0.4 is 0 Å². The maximum atomic E-state index is 10.2. The van der Waals surface area contributed by atoms with Crippen molar-refractivity contribution in [2.75, 3.05) is 13.7 Å². The van der Waals surface area contributed by atoms with Crippen molar-refractivity contribution in [1.29, 1.82) is 0 Å². The number of hydrogen-bond donors (Lipinski definition) is 3. The van der Waals surface area contributed by atoms with E-state index < -0.39 is 17.5 Å². The molecule has 0 spiro atoms. The van der Waals surface area contributed by atoms with Crippen LogP contribution in [0.5, 0.6) is 0 Å². The van der Waals surface area contributed by atoms with Gasteiger partial charge in [0.15, 0.2) is 6.29 Å². The Morgan fingerprint density at radius 2 is 2.27 bits per heavy atom. The van der Waals surface area contributed by atoms with Gasteiger partial charge in [-0.3, -0.25) is 0 Å². The molecule has 2 N–H and O–H groups in total. The number of hydrogen-bond acceptors (Lipinski definition) is 5. The minimum atomic E-state index is -1.06. The zero-order chi connectivity index (χ0) is 8.85. The minimum absolute atomic E-state index is 0.294. The molecule has 66 valence electrons. The molecule has 0 aliphatic heterocycles. The lowest BCUT2D eigenvalue weighted by atomic mass is 10.1. The third-order valence-corrected chi connectivity index (χ3v) is 1.79. The summed E-state index contributed by atoms with van der Waals surface area (Å²) in [5.41, 5.74) is 0. The normalized spacial score (nSPS) is 18.9. The largest absolute Gasteiger partial charge is 0.395 e. The van der Waals surface area contributed by atoms with Crippen molar-refractivity contribution in [3.8, 4) is 0 Å². The van der Waals surface area contributed by atoms with Gasteiger partial charge in [-0.15, -0.1) is 0 Å². The molecule has 5 heteroatoms. The van der Waals surface area contributed by atoms with Gasteiger partial charge in [0.1, 0.15) is 12.2 Å². The minimum Gasteiger partial charge on any atom is -0.395 e. The predicted octanol–water partition coefficient (Wildman–Crippen LogP) is -1.15. The summed E-state index contributed by atoms with van der Waals surface area (Å²) in [6.45, 7) is -0.294. The Morgan fingerprint density at radius 1 is 1.73 bits per heavy atom. The Kier molecular flexibility index (Phi) is 5.49. The zero-order valence-corrected chi connectivity index (χ0v) is 7.07. The van der Waals surface area contributed by atoms with Crippen molar-refractivity contribution < 1.29 is 19.7 Å². The van der Waals surface area contributed by atoms with Crippen molar-refractivity contribution in [1.82, 2.24) is 0 Å². The monoisotopic (exact) mass is 180 g/mol. The van der Waals surface area contributed by atoms with Gasteiger partial charge in [0.2, 0.25) is 0 Å². The summed E-state index contributed by atoms with van der Waals surface area (Å²) in [5, 5.41) is 17.1. The Balaban J connectivity index is 3.96. The van der Waals surface area contributed by atoms with Crippen LogP contribution in [0.2, 0.25) is 0 Å². The Labute approximate surface area is 70.6 Å². The van der Waals surface area contributed by atoms with E-state index in [-0.39, 0.29) is 6.61 Å². The van der Waals surface area contributed by atoms with Crippen molar-refractivity contribution in [2.45, 2.75) is 17.5 Å². The third-order valence-electron chi connectivity index (χ3n) is 1.32. The van der Waals surface area contributed by atoms with Gasteiger partial charge in [0, 0.05) is 7.11 Å². The number of aliphatic hydroxyl groups is 2. The molecule has 4 nitrogen and oxygen atoms in total. The maximum Gasteiger partial charge on any atom is 0.151 e. The Bertz CT molecular complexity index is 119. The van der Waals surface area contributed by atoms with Gasteiger partial charge in [-0.2, -0.15) is 12.6 Å². The number of thiol groups is 1. The van der Waals surface area contributed by atoms with E-state index in [2.05, 4.69) is 17.4 Å². The highest BCUT2D eigenvalue weighted by molar-refractivity contribution is 7.81. The van der Waals surface area contributed by atoms with Gasteiger partial charge in [-0.1, -0.05) is 0 Å². The van der Waals surface area contributed by atoms with Gasteiger partial charge >= 0.3 is 0 Å². The van der Waals surface area contributed by atoms with E-state index in [1.165, 1.54) is 7.11 Å². The highest BCUT2D eigenvalue weighted by Crippen LogP contribution is 2.06. The van der Waals surface area contributed by atoms with Gasteiger partial charge in [-0.05, 0) is 0 Å². The molecule has 0 aromatic heterocycles. The van der Waals surface area contributed by atoms with E-state index in [9.17, 15) is 9.90 Å². The quantitative estimate of drug-likeness (QED) is 0.369. The molecule has 3 unspecified atom stereocenters. The summed E-state index contributed by atoms with van der Waals surface area (Å²) >= 11 is 3.83. The second-order valence-electron chi connectivity index (χ2n) is 2.08. The lowest BCUT2D eigenvalue weighted by Crippen LogP contribution is -2.38. The fourth-order valence-corrected chi connectivity index (χ4v) is 0.772. The van der Waals surface area contributed by atoms with Gasteiger partial charge in [0.05, 0.1) is 11.9 Å². The first kappa shape index (κ1) is 10.9. The van der Waals surface area contributed by atoms with Crippen LogP contribution in [0, 0.1) is 0 Å². The van der Waals surface area contributed by atoms with Gasteiger partial charge in [-0.25, -0.2) is 0 Å². The summed E-state index contributed by atoms with van der Waals surface area (Å²) in [7, 11) is 1.31. The summed E-state index contributed by atoms with van der Waals surface area (Å²) in [6, 6.07) is 0. The fraction of sp³-hybridized carbons (Fsp3) is 0.833. The van der Waals surface area contributed by atoms with Crippen molar-refractivity contribution in [2.24, 2.45) is 0 Å². The number of carbonyl (C=O) groups excluding carboxylic acids is 1. The van der Waals surface area contributed by atoms with E-state index in [1.807, 2.05) is 0 Å². The molecule has 0 aromatic rings. The molecule has 0 aromatic carbocycles. The molecule has 0 rings (SSSR count). The lowest BCUT2D eigenvalue weighted by molar-refractivity contribution is -0.123. The maximum absolute atomic E-state index is 10.2. The third kappa shape index (κ3) is 3.20. The average Bonchev–Trinajstić information content (AvgIpc) is 2.05. The van der Waals surface area contributed by atoms with Crippen LogP contribution in [0.25, 0.3) is 0 Å². The Hall–Kier alpha value is -0.100. The number of rotatable bonds is 5. The van der Waals surface area contributed by atoms with E-state index >= 15 is 0 Å². The fourth-order valence-electron chi connectivity index (χ4n) is 0.602. The molecule has 0 bridgehead atoms. The highest BCUT2D eigenvalue weighted by atomic mass is 32.1. The number of aliphatic hydroxyl groups excluding tert-OH is 2. The van der Waals surface area contributed by atoms with Crippen LogP contribution in [-0.2, 0) is 9.53 Å². The molecule has 11 heavy (non-hydrogen) atoms. The standard InChI is InChI=1S/C6H12O4S/c1-10-4(2-7)6(9)5(11)3-8/h2,4-6,8-9,11H,3H2,1H3. The van der Waals surface area contributed by atoms with Crippen LogP contribution >= 0.6 is 12.6 Å². The molecule has 0 saturated carbocycles. The highest BCUT2D eigenvalue weighted by Gasteiger charge is 2.23. The lowest BCUT2D eigenvalue weighted by Gasteiger charge is -2.19. The molecule has 0 fully saturated rings. The van der Waals surface area contributed by atoms with Crippen molar-refractivity contribution >= 4 is 18.9 Å². The summed E-state index contributed by atoms with van der Waals surface area (Å²) in [5.74, 6) is 0. The van der Waals surface area contributed by atoms with Crippen molar-refractivity contribution in [3.05, 3.63) is 0 Å². The van der Waals surface area contributed by atoms with Crippen LogP contribution in [0.1, 0.15) is 0 Å². The number of ether oxygens (including phenoxy) is 1. The number of carbonyl (C=O) groups is 1. The van der Waals surface area contributed by atoms with E-state index in [1.54, 1.807) is 0 Å². The first-order valence-corrected chi connectivity index (χ1v) is 3.64. The van der Waals surface area contributed by atoms with Crippen LogP contribution in [0.15, 0.2) is 0 Å². The molecule has 0 aliphatic carbocycles. The molecular weight excluding hydrogens is 168 g/mol. The van der Waals surface area contributed by atoms with E-state index in [0.717, 1.165) is 0 Å². The smallest absolute Gasteiger partial charge is 0.151 e. The van der Waals surface area contributed by atoms with Crippen LogP contribution in [0.4, 0.5) is 0 Å². The second kappa shape index (κ2) is 5.54. The molecule has 0 heterocycles. The topological polar surface area (TPSA) is 66.8 Å². The van der Waals surface area contributed by atoms with E-state index in [0.29, 0.717) is 6.29 Å². The molecule has 0 radical (unpaired) electrons. The molecule has 3 atom stereocenters. The van der Waals surface area contributed by atoms with E-state index in [4.69, 9.17) is 5.11 Å². The number of aldehydes is 1. The first-order chi connectivity index (χ1) is 5.17. The first-order valence-electron chi connectivity index (χ1n) is 3.12. The average molecular weight is 180 g/mol. The predicted molar refractivity (Wildman–Crippen MR) is 42.7 cm³/mol. The molecule has 0 aliphatic rings.